The summed E-state index contributed by atoms with van der Waals surface area (Å²) in [5.74, 6) is 0.0372. The summed E-state index contributed by atoms with van der Waals surface area (Å²) in [6.45, 7) is -0.0509. The van der Waals surface area contributed by atoms with E-state index in [4.69, 9.17) is 21.1 Å². The van der Waals surface area contributed by atoms with Crippen LogP contribution in [0.4, 0.5) is 0 Å². The normalized spacial score (nSPS) is 11.3. The molecule has 0 unspecified atom stereocenters. The number of ether oxygens (including phenoxy) is 2. The summed E-state index contributed by atoms with van der Waals surface area (Å²) in [7, 11) is 1.57. The summed E-state index contributed by atoms with van der Waals surface area (Å²) in [6.07, 6.45) is 1.44. The molecule has 0 aliphatic carbocycles. The van der Waals surface area contributed by atoms with E-state index in [2.05, 4.69) is 20.7 Å². The first-order valence-corrected chi connectivity index (χ1v) is 12.4. The van der Waals surface area contributed by atoms with Gasteiger partial charge in [-0.05, 0) is 46.7 Å². The van der Waals surface area contributed by atoms with Gasteiger partial charge in [0, 0.05) is 18.3 Å². The Hall–Kier alpha value is -4.80. The molecular formula is C28H21ClN6O4. The molecule has 0 aliphatic heterocycles. The maximum absolute atomic E-state index is 13.2. The van der Waals surface area contributed by atoms with Crippen LogP contribution < -0.4 is 15.7 Å². The van der Waals surface area contributed by atoms with Gasteiger partial charge >= 0.3 is 0 Å². The Morgan fingerprint density at radius 1 is 1.00 bits per heavy atom. The first-order valence-electron chi connectivity index (χ1n) is 12.0. The van der Waals surface area contributed by atoms with Crippen molar-refractivity contribution >= 4 is 45.0 Å². The number of halogens is 1. The van der Waals surface area contributed by atoms with Crippen LogP contribution in [-0.4, -0.2) is 44.1 Å². The van der Waals surface area contributed by atoms with Gasteiger partial charge < -0.3 is 9.47 Å². The van der Waals surface area contributed by atoms with Crippen molar-refractivity contribution < 1.29 is 14.3 Å². The number of carbonyl (C=O) groups is 1. The molecule has 0 spiro atoms. The topological polar surface area (TPSA) is 113 Å². The van der Waals surface area contributed by atoms with Crippen LogP contribution in [0.2, 0.25) is 5.02 Å². The van der Waals surface area contributed by atoms with Gasteiger partial charge in [-0.25, -0.2) is 9.19 Å². The molecule has 1 amide bonds. The molecule has 0 atom stereocenters. The monoisotopic (exact) mass is 540 g/mol. The van der Waals surface area contributed by atoms with Gasteiger partial charge in [-0.2, -0.15) is 5.10 Å². The maximum Gasteiger partial charge on any atom is 0.299 e. The molecule has 0 fully saturated rings. The minimum absolute atomic E-state index is 0.0369. The van der Waals surface area contributed by atoms with Gasteiger partial charge in [0.05, 0.1) is 17.9 Å². The molecule has 39 heavy (non-hydrogen) atoms. The van der Waals surface area contributed by atoms with Gasteiger partial charge in [0.25, 0.3) is 11.5 Å². The van der Waals surface area contributed by atoms with Crippen molar-refractivity contribution in [2.75, 3.05) is 19.1 Å². The van der Waals surface area contributed by atoms with Crippen molar-refractivity contribution in [3.63, 3.8) is 0 Å². The zero-order valence-electron chi connectivity index (χ0n) is 20.7. The van der Waals surface area contributed by atoms with Crippen molar-refractivity contribution in [1.82, 2.24) is 24.5 Å². The Bertz CT molecular complexity index is 1920. The number of fused-ring (bicyclic) bond motifs is 4. The first kappa shape index (κ1) is 24.5. The molecule has 6 rings (SSSR count). The molecule has 0 bridgehead atoms. The maximum atomic E-state index is 13.2. The van der Waals surface area contributed by atoms with Crippen molar-refractivity contribution in [2.24, 2.45) is 0 Å². The van der Waals surface area contributed by atoms with E-state index in [1.807, 2.05) is 48.5 Å². The number of rotatable bonds is 7. The summed E-state index contributed by atoms with van der Waals surface area (Å²) >= 11 is 6.06. The molecule has 3 aromatic heterocycles. The highest BCUT2D eigenvalue weighted by atomic mass is 35.5. The number of benzene rings is 3. The predicted molar refractivity (Wildman–Crippen MR) is 148 cm³/mol. The van der Waals surface area contributed by atoms with Gasteiger partial charge in [0.15, 0.2) is 17.8 Å². The van der Waals surface area contributed by atoms with E-state index in [1.54, 1.807) is 35.9 Å². The Labute approximate surface area is 226 Å². The molecular weight excluding hydrogens is 520 g/mol. The van der Waals surface area contributed by atoms with Crippen LogP contribution in [0.25, 0.3) is 38.6 Å². The van der Waals surface area contributed by atoms with Crippen LogP contribution in [0.5, 0.6) is 5.75 Å². The molecule has 3 heterocycles. The van der Waals surface area contributed by atoms with Crippen LogP contribution in [0.3, 0.4) is 0 Å². The fraction of sp³-hybridized carbons (Fsp3) is 0.107. The second kappa shape index (κ2) is 10.2. The average Bonchev–Trinajstić information content (AvgIpc) is 3.32. The molecule has 6 aromatic rings. The largest absolute Gasteiger partial charge is 0.484 e. The Morgan fingerprint density at radius 2 is 1.79 bits per heavy atom. The van der Waals surface area contributed by atoms with Crippen LogP contribution in [-0.2, 0) is 16.1 Å². The van der Waals surface area contributed by atoms with Crippen LogP contribution >= 0.6 is 11.6 Å². The van der Waals surface area contributed by atoms with Gasteiger partial charge in [-0.15, -0.1) is 10.2 Å². The first-order chi connectivity index (χ1) is 19.0. The lowest BCUT2D eigenvalue weighted by Crippen LogP contribution is -2.35. The number of nitrogens with zero attached hydrogens (tertiary/aromatic N) is 5. The number of amides is 1. The average molecular weight is 541 g/mol. The highest BCUT2D eigenvalue weighted by Gasteiger charge is 2.20. The second-order valence-corrected chi connectivity index (χ2v) is 9.19. The highest BCUT2D eigenvalue weighted by molar-refractivity contribution is 6.30. The van der Waals surface area contributed by atoms with E-state index in [0.717, 1.165) is 26.6 Å². The zero-order valence-corrected chi connectivity index (χ0v) is 21.4. The third-order valence-corrected chi connectivity index (χ3v) is 6.45. The molecule has 11 heteroatoms. The lowest BCUT2D eigenvalue weighted by atomic mass is 10.1. The van der Waals surface area contributed by atoms with Crippen LogP contribution in [0.15, 0.2) is 83.8 Å². The summed E-state index contributed by atoms with van der Waals surface area (Å²) in [5.41, 5.74) is 5.10. The molecule has 0 saturated carbocycles. The smallest absolute Gasteiger partial charge is 0.299 e. The standard InChI is InChI=1S/C28H21ClN6O4/c1-38-15-22-25(18-6-9-20(29)10-7-18)27-31-30-26-23(35(27)32-22)12-13-34(28(26)37)33-24(36)16-39-21-11-8-17-4-2-3-5-19(17)14-21/h2-14H,15-16H2,1H3,(H,33,36). The van der Waals surface area contributed by atoms with Crippen molar-refractivity contribution in [2.45, 2.75) is 6.61 Å². The van der Waals surface area contributed by atoms with Gasteiger partial charge in [0.1, 0.15) is 11.3 Å². The van der Waals surface area contributed by atoms with E-state index in [0.29, 0.717) is 27.6 Å². The molecule has 0 saturated heterocycles. The Balaban J connectivity index is 1.28. The quantitative estimate of drug-likeness (QED) is 0.323. The van der Waals surface area contributed by atoms with Crippen LogP contribution in [0.1, 0.15) is 5.69 Å². The predicted octanol–water partition coefficient (Wildman–Crippen LogP) is 4.21. The highest BCUT2D eigenvalue weighted by Crippen LogP contribution is 2.30. The van der Waals surface area contributed by atoms with Gasteiger partial charge in [-0.3, -0.25) is 15.0 Å². The summed E-state index contributed by atoms with van der Waals surface area (Å²) in [4.78, 5) is 25.8. The third-order valence-electron chi connectivity index (χ3n) is 6.20. The summed E-state index contributed by atoms with van der Waals surface area (Å²) < 4.78 is 13.6. The molecule has 0 radical (unpaired) electrons. The fourth-order valence-corrected chi connectivity index (χ4v) is 4.53. The van der Waals surface area contributed by atoms with E-state index in [9.17, 15) is 9.59 Å². The lowest BCUT2D eigenvalue weighted by molar-refractivity contribution is -0.119. The number of nitrogens with one attached hydrogen (secondary N) is 1. The number of pyridine rings is 1. The lowest BCUT2D eigenvalue weighted by Gasteiger charge is -2.10. The Kier molecular flexibility index (Phi) is 6.39. The Morgan fingerprint density at radius 3 is 2.59 bits per heavy atom. The number of hydrogen-bond acceptors (Lipinski definition) is 7. The number of methoxy groups -OCH3 is 1. The van der Waals surface area contributed by atoms with E-state index in [-0.39, 0.29) is 18.7 Å². The number of hydrogen-bond donors (Lipinski definition) is 1. The zero-order chi connectivity index (χ0) is 26.9. The molecule has 194 valence electrons. The van der Waals surface area contributed by atoms with E-state index >= 15 is 0 Å². The van der Waals surface area contributed by atoms with Crippen molar-refractivity contribution in [1.29, 1.82) is 0 Å². The number of aromatic nitrogens is 5. The summed E-state index contributed by atoms with van der Waals surface area (Å²) in [5, 5.41) is 15.8. The van der Waals surface area contributed by atoms with Crippen molar-refractivity contribution in [3.05, 3.63) is 100 Å². The molecule has 3 aromatic carbocycles. The van der Waals surface area contributed by atoms with E-state index in [1.165, 1.54) is 6.20 Å². The SMILES string of the molecule is COCc1nn2c(nnc3c(=O)n(NC(=O)COc4ccc5ccccc5c4)ccc32)c1-c1ccc(Cl)cc1. The van der Waals surface area contributed by atoms with Gasteiger partial charge in [0.2, 0.25) is 0 Å². The van der Waals surface area contributed by atoms with E-state index < -0.39 is 11.5 Å². The molecule has 0 aliphatic rings. The van der Waals surface area contributed by atoms with Crippen LogP contribution in [0, 0.1) is 0 Å². The number of carbonyl (C=O) groups excluding carboxylic acids is 1. The van der Waals surface area contributed by atoms with Gasteiger partial charge in [-0.1, -0.05) is 54.1 Å². The van der Waals surface area contributed by atoms with Crippen molar-refractivity contribution in [3.8, 4) is 16.9 Å². The second-order valence-electron chi connectivity index (χ2n) is 8.75. The molecule has 10 nitrogen and oxygen atoms in total. The molecule has 1 N–H and O–H groups in total. The summed E-state index contributed by atoms with van der Waals surface area (Å²) in [6, 6.07) is 22.3. The third kappa shape index (κ3) is 4.67. The fourth-order valence-electron chi connectivity index (χ4n) is 4.40. The minimum Gasteiger partial charge on any atom is -0.484 e. The minimum atomic E-state index is -0.558.